The number of carbonyl (C=O) groups excluding carboxylic acids is 1. The molecule has 2 aromatic rings. The second kappa shape index (κ2) is 8.23. The van der Waals surface area contributed by atoms with Crippen LogP contribution in [0.25, 0.3) is 0 Å². The van der Waals surface area contributed by atoms with Crippen molar-refractivity contribution in [1.29, 1.82) is 0 Å². The Labute approximate surface area is 155 Å². The van der Waals surface area contributed by atoms with E-state index in [1.54, 1.807) is 0 Å². The first-order chi connectivity index (χ1) is 12.6. The lowest BCUT2D eigenvalue weighted by Crippen LogP contribution is -3.12. The van der Waals surface area contributed by atoms with Gasteiger partial charge in [-0.15, -0.1) is 0 Å². The molecule has 1 aliphatic heterocycles. The number of ether oxygens (including phenoxy) is 1. The van der Waals surface area contributed by atoms with E-state index in [2.05, 4.69) is 58.7 Å². The monoisotopic (exact) mass is 354 g/mol. The highest BCUT2D eigenvalue weighted by molar-refractivity contribution is 5.66. The molecule has 26 heavy (non-hydrogen) atoms. The summed E-state index contributed by atoms with van der Waals surface area (Å²) in [6.07, 6.45) is 0.687. The van der Waals surface area contributed by atoms with E-state index in [-0.39, 0.29) is 12.1 Å². The van der Waals surface area contributed by atoms with E-state index in [0.29, 0.717) is 6.54 Å². The highest BCUT2D eigenvalue weighted by atomic mass is 16.5. The molecule has 2 atom stereocenters. The SMILES string of the molecule is COC(=O)NC[C@H](c1ccc(N(C)C)cc1)[NH+]1CCc2ccccc2C1. The second-order valence-corrected chi connectivity index (χ2v) is 7.01. The zero-order valence-corrected chi connectivity index (χ0v) is 15.8. The van der Waals surface area contributed by atoms with E-state index in [9.17, 15) is 4.79 Å². The summed E-state index contributed by atoms with van der Waals surface area (Å²) in [5.74, 6) is 0. The Hall–Kier alpha value is -2.53. The van der Waals surface area contributed by atoms with Gasteiger partial charge in [0.05, 0.1) is 20.2 Å². The predicted molar refractivity (Wildman–Crippen MR) is 104 cm³/mol. The number of methoxy groups -OCH3 is 1. The maximum Gasteiger partial charge on any atom is 0.407 e. The van der Waals surface area contributed by atoms with Crippen LogP contribution in [-0.2, 0) is 17.7 Å². The maximum atomic E-state index is 11.6. The van der Waals surface area contributed by atoms with Gasteiger partial charge in [-0.2, -0.15) is 0 Å². The lowest BCUT2D eigenvalue weighted by molar-refractivity contribution is -0.945. The Morgan fingerprint density at radius 1 is 1.15 bits per heavy atom. The lowest BCUT2D eigenvalue weighted by Gasteiger charge is -2.33. The molecule has 2 aromatic carbocycles. The molecule has 1 amide bonds. The van der Waals surface area contributed by atoms with E-state index < -0.39 is 0 Å². The van der Waals surface area contributed by atoms with Crippen molar-refractivity contribution in [1.82, 2.24) is 5.32 Å². The van der Waals surface area contributed by atoms with Gasteiger partial charge in [-0.05, 0) is 17.7 Å². The van der Waals surface area contributed by atoms with E-state index in [0.717, 1.165) is 19.5 Å². The minimum absolute atomic E-state index is 0.193. The third-order valence-electron chi connectivity index (χ3n) is 5.19. The number of fused-ring (bicyclic) bond motifs is 1. The van der Waals surface area contributed by atoms with Gasteiger partial charge in [0.2, 0.25) is 0 Å². The van der Waals surface area contributed by atoms with E-state index in [1.165, 1.54) is 34.4 Å². The van der Waals surface area contributed by atoms with E-state index >= 15 is 0 Å². The molecule has 0 aromatic heterocycles. The van der Waals surface area contributed by atoms with Crippen LogP contribution in [0.5, 0.6) is 0 Å². The van der Waals surface area contributed by atoms with Crippen molar-refractivity contribution < 1.29 is 14.4 Å². The quantitative estimate of drug-likeness (QED) is 0.861. The van der Waals surface area contributed by atoms with Crippen molar-refractivity contribution in [2.24, 2.45) is 0 Å². The molecule has 0 saturated carbocycles. The van der Waals surface area contributed by atoms with Gasteiger partial charge in [0, 0.05) is 37.3 Å². The molecule has 1 unspecified atom stereocenters. The highest BCUT2D eigenvalue weighted by Crippen LogP contribution is 2.18. The summed E-state index contributed by atoms with van der Waals surface area (Å²) in [5.41, 5.74) is 5.26. The Bertz CT molecular complexity index is 743. The Morgan fingerprint density at radius 2 is 1.85 bits per heavy atom. The molecular formula is C21H28N3O2+. The summed E-state index contributed by atoms with van der Waals surface area (Å²) in [4.78, 5) is 15.2. The largest absolute Gasteiger partial charge is 0.453 e. The summed E-state index contributed by atoms with van der Waals surface area (Å²) in [6, 6.07) is 17.5. The van der Waals surface area contributed by atoms with Gasteiger partial charge in [-0.3, -0.25) is 0 Å². The summed E-state index contributed by atoms with van der Waals surface area (Å²) in [6.45, 7) is 2.59. The first-order valence-electron chi connectivity index (χ1n) is 9.09. The lowest BCUT2D eigenvalue weighted by atomic mass is 9.96. The zero-order chi connectivity index (χ0) is 18.5. The van der Waals surface area contributed by atoms with Gasteiger partial charge in [0.25, 0.3) is 0 Å². The number of hydrogen-bond acceptors (Lipinski definition) is 3. The standard InChI is InChI=1S/C21H27N3O2/c1-23(2)19-10-8-17(9-11-19)20(14-22-21(25)26-3)24-13-12-16-6-4-5-7-18(16)15-24/h4-11,20H,12-15H2,1-3H3,(H,22,25)/p+1/t20-/m1/s1. The molecule has 0 spiro atoms. The van der Waals surface area contributed by atoms with Crippen LogP contribution in [0.4, 0.5) is 10.5 Å². The molecule has 3 rings (SSSR count). The van der Waals surface area contributed by atoms with Crippen LogP contribution >= 0.6 is 0 Å². The number of quaternary nitrogens is 1. The Morgan fingerprint density at radius 3 is 2.50 bits per heavy atom. The normalized spacial score (nSPS) is 17.1. The van der Waals surface area contributed by atoms with Gasteiger partial charge in [0.15, 0.2) is 0 Å². The maximum absolute atomic E-state index is 11.6. The number of alkyl carbamates (subject to hydrolysis) is 1. The molecule has 0 aliphatic carbocycles. The van der Waals surface area contributed by atoms with E-state index in [1.807, 2.05) is 14.1 Å². The van der Waals surface area contributed by atoms with Gasteiger partial charge in [-0.25, -0.2) is 4.79 Å². The fourth-order valence-electron chi connectivity index (χ4n) is 3.66. The van der Waals surface area contributed by atoms with Crippen LogP contribution in [0, 0.1) is 0 Å². The molecule has 0 bridgehead atoms. The molecule has 1 heterocycles. The van der Waals surface area contributed by atoms with Crippen LogP contribution in [0.15, 0.2) is 48.5 Å². The van der Waals surface area contributed by atoms with Crippen LogP contribution < -0.4 is 15.1 Å². The molecule has 5 nitrogen and oxygen atoms in total. The first kappa shape index (κ1) is 18.3. The van der Waals surface area contributed by atoms with Crippen LogP contribution in [0.2, 0.25) is 0 Å². The Balaban J connectivity index is 1.82. The number of benzene rings is 2. The molecule has 138 valence electrons. The smallest absolute Gasteiger partial charge is 0.407 e. The van der Waals surface area contributed by atoms with Crippen LogP contribution in [-0.4, -0.2) is 40.4 Å². The average Bonchev–Trinajstić information content (AvgIpc) is 2.68. The van der Waals surface area contributed by atoms with Crippen molar-refractivity contribution >= 4 is 11.8 Å². The van der Waals surface area contributed by atoms with Gasteiger partial charge < -0.3 is 19.9 Å². The van der Waals surface area contributed by atoms with Crippen molar-refractivity contribution in [3.05, 3.63) is 65.2 Å². The number of nitrogens with one attached hydrogen (secondary N) is 2. The number of carbonyl (C=O) groups is 1. The summed E-state index contributed by atoms with van der Waals surface area (Å²) in [5, 5.41) is 2.90. The highest BCUT2D eigenvalue weighted by Gasteiger charge is 2.28. The van der Waals surface area contributed by atoms with Gasteiger partial charge in [-0.1, -0.05) is 36.4 Å². The first-order valence-corrected chi connectivity index (χ1v) is 9.09. The minimum Gasteiger partial charge on any atom is -0.453 e. The number of amides is 1. The molecular weight excluding hydrogens is 326 g/mol. The third-order valence-corrected chi connectivity index (χ3v) is 5.19. The number of nitrogens with zero attached hydrogens (tertiary/aromatic N) is 1. The third kappa shape index (κ3) is 4.17. The number of hydrogen-bond donors (Lipinski definition) is 2. The van der Waals surface area contributed by atoms with Gasteiger partial charge >= 0.3 is 6.09 Å². The predicted octanol–water partition coefficient (Wildman–Crippen LogP) is 1.79. The van der Waals surface area contributed by atoms with Crippen molar-refractivity contribution in [3.63, 3.8) is 0 Å². The zero-order valence-electron chi connectivity index (χ0n) is 15.8. The number of rotatable bonds is 5. The van der Waals surface area contributed by atoms with Crippen molar-refractivity contribution in [3.8, 4) is 0 Å². The van der Waals surface area contributed by atoms with Crippen molar-refractivity contribution in [2.75, 3.05) is 39.2 Å². The molecule has 0 radical (unpaired) electrons. The van der Waals surface area contributed by atoms with Gasteiger partial charge in [0.1, 0.15) is 12.6 Å². The molecule has 0 fully saturated rings. The van der Waals surface area contributed by atoms with Crippen LogP contribution in [0.1, 0.15) is 22.7 Å². The second-order valence-electron chi connectivity index (χ2n) is 7.01. The van der Waals surface area contributed by atoms with Crippen LogP contribution in [0.3, 0.4) is 0 Å². The number of anilines is 1. The Kier molecular flexibility index (Phi) is 5.78. The summed E-state index contributed by atoms with van der Waals surface area (Å²) in [7, 11) is 5.48. The molecule has 0 saturated heterocycles. The average molecular weight is 354 g/mol. The fourth-order valence-corrected chi connectivity index (χ4v) is 3.66. The molecule has 5 heteroatoms. The molecule has 1 aliphatic rings. The van der Waals surface area contributed by atoms with E-state index in [4.69, 9.17) is 4.74 Å². The van der Waals surface area contributed by atoms with Crippen molar-refractivity contribution in [2.45, 2.75) is 19.0 Å². The topological polar surface area (TPSA) is 46.0 Å². The summed E-state index contributed by atoms with van der Waals surface area (Å²) < 4.78 is 4.76. The summed E-state index contributed by atoms with van der Waals surface area (Å²) >= 11 is 0. The fraction of sp³-hybridized carbons (Fsp3) is 0.381. The minimum atomic E-state index is -0.378. The molecule has 2 N–H and O–H groups in total.